The van der Waals surface area contributed by atoms with E-state index in [9.17, 15) is 13.2 Å². The van der Waals surface area contributed by atoms with E-state index in [2.05, 4.69) is 20.7 Å². The van der Waals surface area contributed by atoms with Gasteiger partial charge < -0.3 is 15.5 Å². The van der Waals surface area contributed by atoms with Crippen molar-refractivity contribution in [3.8, 4) is 5.75 Å². The van der Waals surface area contributed by atoms with Crippen molar-refractivity contribution in [2.24, 2.45) is 5.84 Å². The standard InChI is InChI=1S/C8H12F3N5OS/c1-17-5-6(14-4-15-7(5)16-12)13-2-3-18-8(9,10)11/h4H,2-3,12H2,1H3,(H2,13,14,15,16). The van der Waals surface area contributed by atoms with E-state index in [1.807, 2.05) is 0 Å². The number of halogens is 3. The zero-order valence-electron chi connectivity index (χ0n) is 9.41. The summed E-state index contributed by atoms with van der Waals surface area (Å²) in [6, 6.07) is 0. The third-order valence-corrected chi connectivity index (χ3v) is 2.54. The van der Waals surface area contributed by atoms with Crippen LogP contribution in [-0.2, 0) is 0 Å². The Kier molecular flexibility index (Phi) is 5.28. The summed E-state index contributed by atoms with van der Waals surface area (Å²) >= 11 is -0.111. The molecule has 0 bridgehead atoms. The number of thioether (sulfide) groups is 1. The number of hydrogen-bond donors (Lipinski definition) is 3. The van der Waals surface area contributed by atoms with Crippen LogP contribution in [0.5, 0.6) is 5.75 Å². The summed E-state index contributed by atoms with van der Waals surface area (Å²) in [5, 5.41) is 2.72. The van der Waals surface area contributed by atoms with Crippen molar-refractivity contribution < 1.29 is 17.9 Å². The molecule has 0 unspecified atom stereocenters. The maximum atomic E-state index is 11.9. The van der Waals surface area contributed by atoms with Gasteiger partial charge in [0, 0.05) is 12.3 Å². The van der Waals surface area contributed by atoms with Crippen molar-refractivity contribution in [3.05, 3.63) is 6.33 Å². The van der Waals surface area contributed by atoms with Crippen molar-refractivity contribution in [1.82, 2.24) is 9.97 Å². The van der Waals surface area contributed by atoms with E-state index >= 15 is 0 Å². The van der Waals surface area contributed by atoms with Crippen LogP contribution >= 0.6 is 11.8 Å². The molecule has 4 N–H and O–H groups in total. The molecule has 6 nitrogen and oxygen atoms in total. The van der Waals surface area contributed by atoms with Crippen molar-refractivity contribution in [3.63, 3.8) is 0 Å². The molecule has 0 radical (unpaired) electrons. The van der Waals surface area contributed by atoms with Gasteiger partial charge in [-0.3, -0.25) is 0 Å². The highest BCUT2D eigenvalue weighted by Gasteiger charge is 2.27. The number of nitrogen functional groups attached to an aromatic ring is 1. The molecule has 0 amide bonds. The van der Waals surface area contributed by atoms with Crippen molar-refractivity contribution >= 4 is 23.4 Å². The summed E-state index contributed by atoms with van der Waals surface area (Å²) in [5.41, 5.74) is -1.93. The minimum Gasteiger partial charge on any atom is -0.490 e. The Labute approximate surface area is 105 Å². The van der Waals surface area contributed by atoms with E-state index in [4.69, 9.17) is 10.6 Å². The zero-order chi connectivity index (χ0) is 13.6. The Morgan fingerprint density at radius 2 is 2.06 bits per heavy atom. The maximum Gasteiger partial charge on any atom is 0.441 e. The molecule has 10 heteroatoms. The topological polar surface area (TPSA) is 85.1 Å². The molecule has 0 spiro atoms. The second-order valence-corrected chi connectivity index (χ2v) is 4.13. The SMILES string of the molecule is COc1c(NN)ncnc1NCCSC(F)(F)F. The fourth-order valence-corrected chi connectivity index (χ4v) is 1.57. The highest BCUT2D eigenvalue weighted by molar-refractivity contribution is 8.00. The number of nitrogens with one attached hydrogen (secondary N) is 2. The van der Waals surface area contributed by atoms with E-state index in [1.165, 1.54) is 13.4 Å². The van der Waals surface area contributed by atoms with Crippen LogP contribution in [0, 0.1) is 0 Å². The van der Waals surface area contributed by atoms with Gasteiger partial charge in [-0.05, 0) is 11.8 Å². The van der Waals surface area contributed by atoms with Gasteiger partial charge >= 0.3 is 5.51 Å². The van der Waals surface area contributed by atoms with E-state index in [0.29, 0.717) is 0 Å². The molecule has 1 aromatic rings. The van der Waals surface area contributed by atoms with E-state index in [-0.39, 0.29) is 41.4 Å². The van der Waals surface area contributed by atoms with Gasteiger partial charge in [-0.25, -0.2) is 15.8 Å². The number of nitrogens with two attached hydrogens (primary N) is 1. The molecular weight excluding hydrogens is 271 g/mol. The van der Waals surface area contributed by atoms with Crippen LogP contribution in [0.4, 0.5) is 24.8 Å². The Bertz CT molecular complexity index is 389. The molecule has 0 aromatic carbocycles. The predicted molar refractivity (Wildman–Crippen MR) is 63.4 cm³/mol. The van der Waals surface area contributed by atoms with Gasteiger partial charge in [-0.2, -0.15) is 13.2 Å². The number of hydrogen-bond acceptors (Lipinski definition) is 7. The first-order valence-electron chi connectivity index (χ1n) is 4.78. The third-order valence-electron chi connectivity index (χ3n) is 1.80. The number of nitrogens with zero attached hydrogens (tertiary/aromatic N) is 2. The van der Waals surface area contributed by atoms with Crippen molar-refractivity contribution in [2.45, 2.75) is 5.51 Å². The van der Waals surface area contributed by atoms with Crippen LogP contribution in [0.25, 0.3) is 0 Å². The zero-order valence-corrected chi connectivity index (χ0v) is 10.2. The molecule has 1 aromatic heterocycles. The second-order valence-electron chi connectivity index (χ2n) is 2.97. The summed E-state index contributed by atoms with van der Waals surface area (Å²) in [6.45, 7) is 0.0849. The Morgan fingerprint density at radius 1 is 1.39 bits per heavy atom. The van der Waals surface area contributed by atoms with Crippen molar-refractivity contribution in [1.29, 1.82) is 0 Å². The predicted octanol–water partition coefficient (Wildman–Crippen LogP) is 1.44. The molecular formula is C8H12F3N5OS. The monoisotopic (exact) mass is 283 g/mol. The number of rotatable bonds is 6. The van der Waals surface area contributed by atoms with E-state index in [0.717, 1.165) is 0 Å². The molecule has 1 heterocycles. The largest absolute Gasteiger partial charge is 0.490 e. The average molecular weight is 283 g/mol. The van der Waals surface area contributed by atoms with E-state index < -0.39 is 5.51 Å². The van der Waals surface area contributed by atoms with Crippen LogP contribution in [0.1, 0.15) is 0 Å². The lowest BCUT2D eigenvalue weighted by Crippen LogP contribution is -2.14. The molecule has 0 atom stereocenters. The lowest BCUT2D eigenvalue weighted by Gasteiger charge is -2.12. The molecule has 0 aliphatic rings. The first kappa shape index (κ1) is 14.6. The minimum atomic E-state index is -4.23. The number of hydrazine groups is 1. The summed E-state index contributed by atoms with van der Waals surface area (Å²) in [6.07, 6.45) is 1.22. The van der Waals surface area contributed by atoms with Gasteiger partial charge in [0.05, 0.1) is 7.11 Å². The van der Waals surface area contributed by atoms with Crippen LogP contribution in [0.2, 0.25) is 0 Å². The lowest BCUT2D eigenvalue weighted by molar-refractivity contribution is -0.0327. The first-order chi connectivity index (χ1) is 8.48. The number of aromatic nitrogens is 2. The Morgan fingerprint density at radius 3 is 2.61 bits per heavy atom. The van der Waals surface area contributed by atoms with Crippen LogP contribution < -0.4 is 21.3 Å². The highest BCUT2D eigenvalue weighted by atomic mass is 32.2. The van der Waals surface area contributed by atoms with Gasteiger partial charge in [-0.1, -0.05) is 0 Å². The highest BCUT2D eigenvalue weighted by Crippen LogP contribution is 2.31. The normalized spacial score (nSPS) is 11.2. The fourth-order valence-electron chi connectivity index (χ4n) is 1.13. The maximum absolute atomic E-state index is 11.9. The lowest BCUT2D eigenvalue weighted by atomic mass is 10.4. The smallest absolute Gasteiger partial charge is 0.441 e. The number of ether oxygens (including phenoxy) is 1. The fraction of sp³-hybridized carbons (Fsp3) is 0.500. The number of anilines is 2. The molecule has 18 heavy (non-hydrogen) atoms. The van der Waals surface area contributed by atoms with Gasteiger partial charge in [0.1, 0.15) is 6.33 Å². The molecule has 0 aliphatic carbocycles. The van der Waals surface area contributed by atoms with Crippen LogP contribution in [0.15, 0.2) is 6.33 Å². The molecule has 0 saturated carbocycles. The number of methoxy groups -OCH3 is 1. The average Bonchev–Trinajstić information content (AvgIpc) is 2.32. The third kappa shape index (κ3) is 4.45. The van der Waals surface area contributed by atoms with Gasteiger partial charge in [0.15, 0.2) is 11.6 Å². The van der Waals surface area contributed by atoms with E-state index in [1.54, 1.807) is 0 Å². The minimum absolute atomic E-state index is 0.0849. The summed E-state index contributed by atoms with van der Waals surface area (Å²) in [4.78, 5) is 7.66. The molecule has 0 fully saturated rings. The molecule has 1 rings (SSSR count). The second kappa shape index (κ2) is 6.50. The van der Waals surface area contributed by atoms with Gasteiger partial charge in [-0.15, -0.1) is 0 Å². The molecule has 0 saturated heterocycles. The summed E-state index contributed by atoms with van der Waals surface area (Å²) in [7, 11) is 1.38. The summed E-state index contributed by atoms with van der Waals surface area (Å²) < 4.78 is 40.7. The Balaban J connectivity index is 2.57. The van der Waals surface area contributed by atoms with Crippen molar-refractivity contribution in [2.75, 3.05) is 30.1 Å². The molecule has 102 valence electrons. The van der Waals surface area contributed by atoms with Gasteiger partial charge in [0.2, 0.25) is 5.75 Å². The van der Waals surface area contributed by atoms with Crippen LogP contribution in [0.3, 0.4) is 0 Å². The number of alkyl halides is 3. The van der Waals surface area contributed by atoms with Crippen LogP contribution in [-0.4, -0.2) is 34.9 Å². The Hall–Kier alpha value is -1.42. The first-order valence-corrected chi connectivity index (χ1v) is 5.76. The molecule has 0 aliphatic heterocycles. The quantitative estimate of drug-likeness (QED) is 0.414. The van der Waals surface area contributed by atoms with Gasteiger partial charge in [0.25, 0.3) is 0 Å². The summed E-state index contributed by atoms with van der Waals surface area (Å²) in [5.74, 6) is 5.85.